The Morgan fingerprint density at radius 2 is 2.05 bits per heavy atom. The second kappa shape index (κ2) is 6.09. The zero-order chi connectivity index (χ0) is 13.8. The van der Waals surface area contributed by atoms with Crippen molar-refractivity contribution in [2.24, 2.45) is 5.92 Å². The van der Waals surface area contributed by atoms with E-state index < -0.39 is 5.97 Å². The van der Waals surface area contributed by atoms with E-state index in [-0.39, 0.29) is 0 Å². The first-order valence-electron chi connectivity index (χ1n) is 7.11. The molecule has 0 bridgehead atoms. The normalized spacial score (nSPS) is 19.5. The first-order chi connectivity index (χ1) is 9.08. The molecule has 1 aliphatic heterocycles. The standard InChI is InChI=1S/C16H23NO2/c1-12-5-3-6-13(2)16(12)17-10-4-7-14(11-17)8-9-15(18)19/h3,5-6,14H,4,7-11H2,1-2H3,(H,18,19). The van der Waals surface area contributed by atoms with Crippen molar-refractivity contribution >= 4 is 11.7 Å². The summed E-state index contributed by atoms with van der Waals surface area (Å²) in [5.41, 5.74) is 3.99. The van der Waals surface area contributed by atoms with Gasteiger partial charge < -0.3 is 10.0 Å². The van der Waals surface area contributed by atoms with Crippen molar-refractivity contribution in [2.75, 3.05) is 18.0 Å². The van der Waals surface area contributed by atoms with Crippen LogP contribution in [0.1, 0.15) is 36.8 Å². The van der Waals surface area contributed by atoms with Crippen LogP contribution in [0.5, 0.6) is 0 Å². The molecule has 1 atom stereocenters. The summed E-state index contributed by atoms with van der Waals surface area (Å²) in [5.74, 6) is -0.159. The summed E-state index contributed by atoms with van der Waals surface area (Å²) in [6, 6.07) is 6.41. The third-order valence-electron chi connectivity index (χ3n) is 4.04. The minimum atomic E-state index is -0.677. The molecule has 3 nitrogen and oxygen atoms in total. The Hall–Kier alpha value is -1.51. The lowest BCUT2D eigenvalue weighted by Gasteiger charge is -2.36. The van der Waals surface area contributed by atoms with Crippen molar-refractivity contribution in [2.45, 2.75) is 39.5 Å². The van der Waals surface area contributed by atoms with E-state index in [1.165, 1.54) is 16.8 Å². The molecule has 0 spiro atoms. The van der Waals surface area contributed by atoms with Crippen LogP contribution in [-0.4, -0.2) is 24.2 Å². The van der Waals surface area contributed by atoms with Gasteiger partial charge in [-0.15, -0.1) is 0 Å². The van der Waals surface area contributed by atoms with E-state index in [1.807, 2.05) is 0 Å². The number of carbonyl (C=O) groups is 1. The minimum Gasteiger partial charge on any atom is -0.481 e. The van der Waals surface area contributed by atoms with Crippen LogP contribution >= 0.6 is 0 Å². The van der Waals surface area contributed by atoms with Gasteiger partial charge >= 0.3 is 5.97 Å². The van der Waals surface area contributed by atoms with E-state index in [0.29, 0.717) is 12.3 Å². The smallest absolute Gasteiger partial charge is 0.303 e. The van der Waals surface area contributed by atoms with Gasteiger partial charge in [0.2, 0.25) is 0 Å². The van der Waals surface area contributed by atoms with E-state index in [4.69, 9.17) is 5.11 Å². The van der Waals surface area contributed by atoms with Gasteiger partial charge in [-0.05, 0) is 50.2 Å². The SMILES string of the molecule is Cc1cccc(C)c1N1CCCC(CCC(=O)O)C1. The highest BCUT2D eigenvalue weighted by Crippen LogP contribution is 2.30. The number of benzene rings is 1. The number of piperidine rings is 1. The molecule has 104 valence electrons. The van der Waals surface area contributed by atoms with Crippen molar-refractivity contribution in [3.8, 4) is 0 Å². The van der Waals surface area contributed by atoms with Crippen LogP contribution < -0.4 is 4.90 Å². The molecule has 19 heavy (non-hydrogen) atoms. The third-order valence-corrected chi connectivity index (χ3v) is 4.04. The van der Waals surface area contributed by atoms with Gasteiger partial charge in [0.05, 0.1) is 0 Å². The first kappa shape index (κ1) is 13.9. The summed E-state index contributed by atoms with van der Waals surface area (Å²) >= 11 is 0. The fourth-order valence-electron chi connectivity index (χ4n) is 3.14. The van der Waals surface area contributed by atoms with Gasteiger partial charge in [-0.2, -0.15) is 0 Å². The van der Waals surface area contributed by atoms with Gasteiger partial charge in [-0.3, -0.25) is 4.79 Å². The zero-order valence-corrected chi connectivity index (χ0v) is 11.9. The van der Waals surface area contributed by atoms with Crippen molar-refractivity contribution in [3.05, 3.63) is 29.3 Å². The number of aliphatic carboxylic acids is 1. The van der Waals surface area contributed by atoms with Crippen LogP contribution in [0.25, 0.3) is 0 Å². The molecule has 1 heterocycles. The molecular formula is C16H23NO2. The summed E-state index contributed by atoms with van der Waals surface area (Å²) in [7, 11) is 0. The maximum atomic E-state index is 10.7. The zero-order valence-electron chi connectivity index (χ0n) is 11.9. The molecule has 0 aliphatic carbocycles. The number of rotatable bonds is 4. The van der Waals surface area contributed by atoms with E-state index in [1.54, 1.807) is 0 Å². The fraction of sp³-hybridized carbons (Fsp3) is 0.562. The van der Waals surface area contributed by atoms with Gasteiger partial charge in [-0.25, -0.2) is 0 Å². The van der Waals surface area contributed by atoms with E-state index in [2.05, 4.69) is 36.9 Å². The topological polar surface area (TPSA) is 40.5 Å². The number of anilines is 1. The second-order valence-corrected chi connectivity index (χ2v) is 5.63. The van der Waals surface area contributed by atoms with Crippen LogP contribution in [-0.2, 0) is 4.79 Å². The molecule has 1 aromatic carbocycles. The lowest BCUT2D eigenvalue weighted by Crippen LogP contribution is -2.36. The molecule has 1 aromatic rings. The highest BCUT2D eigenvalue weighted by molar-refractivity contribution is 5.66. The monoisotopic (exact) mass is 261 g/mol. The number of hydrogen-bond acceptors (Lipinski definition) is 2. The molecular weight excluding hydrogens is 238 g/mol. The van der Waals surface area contributed by atoms with Crippen molar-refractivity contribution < 1.29 is 9.90 Å². The molecule has 0 aromatic heterocycles. The van der Waals surface area contributed by atoms with Crippen molar-refractivity contribution in [1.29, 1.82) is 0 Å². The van der Waals surface area contributed by atoms with E-state index in [0.717, 1.165) is 32.4 Å². The predicted octanol–water partition coefficient (Wildman–Crippen LogP) is 3.38. The van der Waals surface area contributed by atoms with Gasteiger partial charge in [0.1, 0.15) is 0 Å². The molecule has 0 amide bonds. The minimum absolute atomic E-state index is 0.297. The molecule has 1 unspecified atom stereocenters. The lowest BCUT2D eigenvalue weighted by molar-refractivity contribution is -0.137. The average Bonchev–Trinajstić information content (AvgIpc) is 2.37. The average molecular weight is 261 g/mol. The molecule has 1 fully saturated rings. The van der Waals surface area contributed by atoms with E-state index in [9.17, 15) is 4.79 Å². The first-order valence-corrected chi connectivity index (χ1v) is 7.11. The number of aryl methyl sites for hydroxylation is 2. The summed E-state index contributed by atoms with van der Waals surface area (Å²) in [6.45, 7) is 6.40. The van der Waals surface area contributed by atoms with Gasteiger partial charge in [0.15, 0.2) is 0 Å². The summed E-state index contributed by atoms with van der Waals surface area (Å²) in [5, 5.41) is 8.80. The van der Waals surface area contributed by atoms with Crippen molar-refractivity contribution in [3.63, 3.8) is 0 Å². The molecule has 1 aliphatic rings. The third kappa shape index (κ3) is 3.49. The van der Waals surface area contributed by atoms with Crippen LogP contribution in [0.15, 0.2) is 18.2 Å². The van der Waals surface area contributed by atoms with E-state index >= 15 is 0 Å². The Kier molecular flexibility index (Phi) is 4.46. The van der Waals surface area contributed by atoms with Crippen LogP contribution in [0.2, 0.25) is 0 Å². The second-order valence-electron chi connectivity index (χ2n) is 5.63. The molecule has 1 N–H and O–H groups in total. The summed E-state index contributed by atoms with van der Waals surface area (Å²) in [4.78, 5) is 13.1. The Morgan fingerprint density at radius 1 is 1.37 bits per heavy atom. The van der Waals surface area contributed by atoms with Gasteiger partial charge in [0, 0.05) is 25.2 Å². The maximum Gasteiger partial charge on any atom is 0.303 e. The van der Waals surface area contributed by atoms with Gasteiger partial charge in [-0.1, -0.05) is 18.2 Å². The summed E-state index contributed by atoms with van der Waals surface area (Å²) < 4.78 is 0. The Labute approximate surface area is 115 Å². The lowest BCUT2D eigenvalue weighted by atomic mass is 9.92. The maximum absolute atomic E-state index is 10.7. The fourth-order valence-corrected chi connectivity index (χ4v) is 3.14. The molecule has 1 saturated heterocycles. The molecule has 2 rings (SSSR count). The number of carboxylic acid groups (broad SMARTS) is 1. The largest absolute Gasteiger partial charge is 0.481 e. The highest BCUT2D eigenvalue weighted by atomic mass is 16.4. The highest BCUT2D eigenvalue weighted by Gasteiger charge is 2.22. The van der Waals surface area contributed by atoms with Crippen LogP contribution in [0.3, 0.4) is 0 Å². The predicted molar refractivity (Wildman–Crippen MR) is 77.7 cm³/mol. The van der Waals surface area contributed by atoms with Crippen LogP contribution in [0, 0.1) is 19.8 Å². The quantitative estimate of drug-likeness (QED) is 0.903. The molecule has 3 heteroatoms. The van der Waals surface area contributed by atoms with Crippen molar-refractivity contribution in [1.82, 2.24) is 0 Å². The molecule has 0 saturated carbocycles. The Balaban J connectivity index is 2.06. The number of para-hydroxylation sites is 1. The number of carboxylic acids is 1. The Morgan fingerprint density at radius 3 is 2.68 bits per heavy atom. The number of nitrogens with zero attached hydrogens (tertiary/aromatic N) is 1. The summed E-state index contributed by atoms with van der Waals surface area (Å²) in [6.07, 6.45) is 3.43. The molecule has 0 radical (unpaired) electrons. The Bertz CT molecular complexity index is 436. The van der Waals surface area contributed by atoms with Gasteiger partial charge in [0.25, 0.3) is 0 Å². The van der Waals surface area contributed by atoms with Crippen LogP contribution in [0.4, 0.5) is 5.69 Å². The number of hydrogen-bond donors (Lipinski definition) is 1.